The van der Waals surface area contributed by atoms with Crippen molar-refractivity contribution in [1.29, 1.82) is 0 Å². The molecule has 2 atom stereocenters. The molecule has 0 aromatic carbocycles. The van der Waals surface area contributed by atoms with Gasteiger partial charge in [0.15, 0.2) is 4.47 Å². The second-order valence-corrected chi connectivity index (χ2v) is 5.90. The van der Waals surface area contributed by atoms with Gasteiger partial charge in [0.05, 0.1) is 6.10 Å². The molecular weight excluding hydrogens is 226 g/mol. The topological polar surface area (TPSA) is 33.1 Å². The van der Waals surface area contributed by atoms with Crippen LogP contribution in [0.25, 0.3) is 0 Å². The van der Waals surface area contributed by atoms with Crippen LogP contribution in [-0.2, 0) is 5.75 Å². The van der Waals surface area contributed by atoms with Gasteiger partial charge in [-0.1, -0.05) is 18.5 Å². The number of nitrogens with zero attached hydrogens (tertiary/aromatic N) is 1. The van der Waals surface area contributed by atoms with E-state index in [1.807, 2.05) is 6.92 Å². The Labute approximate surface area is 91.3 Å². The van der Waals surface area contributed by atoms with E-state index in [1.54, 1.807) is 24.9 Å². The van der Waals surface area contributed by atoms with Gasteiger partial charge in [-0.05, 0) is 6.92 Å². The molecule has 1 aromatic heterocycles. The fourth-order valence-electron chi connectivity index (χ4n) is 0.703. The highest BCUT2D eigenvalue weighted by Gasteiger charge is 2.09. The van der Waals surface area contributed by atoms with Crippen LogP contribution < -0.4 is 0 Å². The van der Waals surface area contributed by atoms with Crippen LogP contribution in [0.5, 0.6) is 0 Å². The SMILES string of the molecule is CC(O)C(C)SCc1cnc(Cl)s1. The number of aliphatic hydroxyl groups excluding tert-OH is 1. The van der Waals surface area contributed by atoms with Crippen LogP contribution in [0.3, 0.4) is 0 Å². The third kappa shape index (κ3) is 3.85. The van der Waals surface area contributed by atoms with Gasteiger partial charge in [0.2, 0.25) is 0 Å². The zero-order chi connectivity index (χ0) is 9.84. The van der Waals surface area contributed by atoms with E-state index >= 15 is 0 Å². The second-order valence-electron chi connectivity index (χ2n) is 2.84. The van der Waals surface area contributed by atoms with Crippen molar-refractivity contribution >= 4 is 34.7 Å². The standard InChI is InChI=1S/C8H12ClNOS2/c1-5(11)6(2)12-4-7-3-10-8(9)13-7/h3,5-6,11H,4H2,1-2H3. The molecule has 0 bridgehead atoms. The largest absolute Gasteiger partial charge is 0.392 e. The van der Waals surface area contributed by atoms with E-state index in [2.05, 4.69) is 4.98 Å². The summed E-state index contributed by atoms with van der Waals surface area (Å²) in [4.78, 5) is 5.10. The van der Waals surface area contributed by atoms with Gasteiger partial charge in [0.25, 0.3) is 0 Å². The van der Waals surface area contributed by atoms with Crippen molar-refractivity contribution in [2.75, 3.05) is 0 Å². The van der Waals surface area contributed by atoms with E-state index in [-0.39, 0.29) is 11.4 Å². The Kier molecular flexibility index (Phi) is 4.52. The highest BCUT2D eigenvalue weighted by atomic mass is 35.5. The van der Waals surface area contributed by atoms with Gasteiger partial charge in [0.1, 0.15) is 0 Å². The van der Waals surface area contributed by atoms with Crippen molar-refractivity contribution in [1.82, 2.24) is 4.98 Å². The number of aliphatic hydroxyl groups is 1. The number of thiazole rings is 1. The molecule has 0 amide bonds. The molecule has 0 aliphatic carbocycles. The number of hydrogen-bond donors (Lipinski definition) is 1. The van der Waals surface area contributed by atoms with Gasteiger partial charge in [-0.2, -0.15) is 11.8 Å². The Morgan fingerprint density at radius 2 is 2.38 bits per heavy atom. The smallest absolute Gasteiger partial charge is 0.183 e. The lowest BCUT2D eigenvalue weighted by molar-refractivity contribution is 0.196. The Bertz CT molecular complexity index is 264. The number of thioether (sulfide) groups is 1. The van der Waals surface area contributed by atoms with Gasteiger partial charge in [-0.25, -0.2) is 4.98 Å². The summed E-state index contributed by atoms with van der Waals surface area (Å²) in [5, 5.41) is 9.50. The van der Waals surface area contributed by atoms with E-state index in [9.17, 15) is 5.11 Å². The number of halogens is 1. The van der Waals surface area contributed by atoms with E-state index < -0.39 is 0 Å². The van der Waals surface area contributed by atoms with Crippen LogP contribution in [-0.4, -0.2) is 21.4 Å². The molecule has 1 N–H and O–H groups in total. The molecule has 0 spiro atoms. The van der Waals surface area contributed by atoms with Crippen molar-refractivity contribution in [3.8, 4) is 0 Å². The molecule has 0 aliphatic rings. The molecule has 0 saturated carbocycles. The molecule has 1 heterocycles. The van der Waals surface area contributed by atoms with Crippen molar-refractivity contribution in [3.63, 3.8) is 0 Å². The predicted octanol–water partition coefficient (Wildman–Crippen LogP) is 2.80. The first-order valence-electron chi connectivity index (χ1n) is 3.99. The Morgan fingerprint density at radius 3 is 2.85 bits per heavy atom. The van der Waals surface area contributed by atoms with Gasteiger partial charge < -0.3 is 5.11 Å². The summed E-state index contributed by atoms with van der Waals surface area (Å²) in [5.41, 5.74) is 0. The molecule has 74 valence electrons. The lowest BCUT2D eigenvalue weighted by atomic mass is 10.3. The van der Waals surface area contributed by atoms with Gasteiger partial charge in [0, 0.05) is 22.1 Å². The summed E-state index contributed by atoms with van der Waals surface area (Å²) in [7, 11) is 0. The van der Waals surface area contributed by atoms with E-state index in [1.165, 1.54) is 11.3 Å². The average molecular weight is 238 g/mol. The van der Waals surface area contributed by atoms with Crippen molar-refractivity contribution in [2.24, 2.45) is 0 Å². The molecule has 0 fully saturated rings. The molecule has 2 unspecified atom stereocenters. The summed E-state index contributed by atoms with van der Waals surface area (Å²) >= 11 is 8.89. The lowest BCUT2D eigenvalue weighted by Crippen LogP contribution is -2.15. The maximum absolute atomic E-state index is 9.24. The fraction of sp³-hybridized carbons (Fsp3) is 0.625. The van der Waals surface area contributed by atoms with Gasteiger partial charge in [-0.3, -0.25) is 0 Å². The zero-order valence-electron chi connectivity index (χ0n) is 7.53. The molecular formula is C8H12ClNOS2. The van der Waals surface area contributed by atoms with Crippen molar-refractivity contribution < 1.29 is 5.11 Å². The fourth-order valence-corrected chi connectivity index (χ4v) is 2.70. The van der Waals surface area contributed by atoms with Crippen LogP contribution in [0.1, 0.15) is 18.7 Å². The van der Waals surface area contributed by atoms with Crippen molar-refractivity contribution in [3.05, 3.63) is 15.5 Å². The van der Waals surface area contributed by atoms with Crippen LogP contribution in [0.4, 0.5) is 0 Å². The minimum absolute atomic E-state index is 0.251. The molecule has 0 radical (unpaired) electrons. The summed E-state index contributed by atoms with van der Waals surface area (Å²) < 4.78 is 0.584. The van der Waals surface area contributed by atoms with Gasteiger partial charge in [-0.15, -0.1) is 11.3 Å². The zero-order valence-corrected chi connectivity index (χ0v) is 9.92. The summed E-state index contributed by atoms with van der Waals surface area (Å²) in [5.74, 6) is 0.871. The third-order valence-electron chi connectivity index (χ3n) is 1.69. The third-order valence-corrected chi connectivity index (χ3v) is 4.39. The maximum atomic E-state index is 9.24. The average Bonchev–Trinajstić information content (AvgIpc) is 2.47. The molecule has 0 saturated heterocycles. The normalized spacial score (nSPS) is 15.7. The Hall–Kier alpha value is 0.230. The highest BCUT2D eigenvalue weighted by molar-refractivity contribution is 7.99. The predicted molar refractivity (Wildman–Crippen MR) is 59.6 cm³/mol. The molecule has 5 heteroatoms. The van der Waals surface area contributed by atoms with Crippen LogP contribution in [0, 0.1) is 0 Å². The first-order chi connectivity index (χ1) is 6.09. The monoisotopic (exact) mass is 237 g/mol. The maximum Gasteiger partial charge on any atom is 0.183 e. The molecule has 1 aromatic rings. The van der Waals surface area contributed by atoms with E-state index in [4.69, 9.17) is 11.6 Å². The van der Waals surface area contributed by atoms with Crippen molar-refractivity contribution in [2.45, 2.75) is 31.0 Å². The second kappa shape index (κ2) is 5.20. The summed E-state index contributed by atoms with van der Waals surface area (Å²) in [6, 6.07) is 0. The minimum atomic E-state index is -0.270. The number of hydrogen-bond acceptors (Lipinski definition) is 4. The van der Waals surface area contributed by atoms with E-state index in [0.29, 0.717) is 4.47 Å². The molecule has 1 rings (SSSR count). The minimum Gasteiger partial charge on any atom is -0.392 e. The summed E-state index contributed by atoms with van der Waals surface area (Å²) in [6.45, 7) is 3.81. The molecule has 13 heavy (non-hydrogen) atoms. The first kappa shape index (κ1) is 11.3. The summed E-state index contributed by atoms with van der Waals surface area (Å²) in [6.07, 6.45) is 1.52. The number of rotatable bonds is 4. The Balaban J connectivity index is 2.35. The van der Waals surface area contributed by atoms with Gasteiger partial charge >= 0.3 is 0 Å². The quantitative estimate of drug-likeness (QED) is 0.874. The Morgan fingerprint density at radius 1 is 1.69 bits per heavy atom. The molecule has 2 nitrogen and oxygen atoms in total. The van der Waals surface area contributed by atoms with Crippen LogP contribution in [0.15, 0.2) is 6.20 Å². The lowest BCUT2D eigenvalue weighted by Gasteiger charge is -2.12. The number of aromatic nitrogens is 1. The van der Waals surface area contributed by atoms with Crippen LogP contribution in [0.2, 0.25) is 4.47 Å². The van der Waals surface area contributed by atoms with Crippen LogP contribution >= 0.6 is 34.7 Å². The van der Waals surface area contributed by atoms with E-state index in [0.717, 1.165) is 10.6 Å². The highest BCUT2D eigenvalue weighted by Crippen LogP contribution is 2.25. The molecule has 0 aliphatic heterocycles. The first-order valence-corrected chi connectivity index (χ1v) is 6.24.